The highest BCUT2D eigenvalue weighted by Crippen LogP contribution is 2.15. The maximum absolute atomic E-state index is 2.85. The van der Waals surface area contributed by atoms with Crippen LogP contribution in [0.25, 0.3) is 0 Å². The van der Waals surface area contributed by atoms with Crippen LogP contribution in [0.1, 0.15) is 213 Å². The molecule has 0 rings (SSSR count). The molecule has 0 heterocycles. The zero-order valence-corrected chi connectivity index (χ0v) is 30.6. The molecule has 0 bridgehead atoms. The lowest BCUT2D eigenvalue weighted by Gasteiger charge is -2.33. The number of likely N-dealkylation sites (N-methyl/N-ethyl adjacent to an activating group) is 1. The van der Waals surface area contributed by atoms with Crippen molar-refractivity contribution < 1.29 is 4.48 Å². The highest BCUT2D eigenvalue weighted by molar-refractivity contribution is 4.60. The van der Waals surface area contributed by atoms with Crippen molar-refractivity contribution in [2.75, 3.05) is 46.8 Å². The molecular formula is C40H85N2+. The first-order chi connectivity index (χ1) is 20.6. The van der Waals surface area contributed by atoms with Crippen LogP contribution in [0.2, 0.25) is 0 Å². The second-order valence-electron chi connectivity index (χ2n) is 14.8. The van der Waals surface area contributed by atoms with Crippen LogP contribution in [0.5, 0.6) is 0 Å². The monoisotopic (exact) mass is 594 g/mol. The van der Waals surface area contributed by atoms with Gasteiger partial charge in [-0.25, -0.2) is 0 Å². The van der Waals surface area contributed by atoms with E-state index < -0.39 is 0 Å². The van der Waals surface area contributed by atoms with Crippen molar-refractivity contribution in [2.45, 2.75) is 213 Å². The highest BCUT2D eigenvalue weighted by Gasteiger charge is 2.16. The quantitative estimate of drug-likeness (QED) is 0.0516. The van der Waals surface area contributed by atoms with Gasteiger partial charge in [0.1, 0.15) is 0 Å². The van der Waals surface area contributed by atoms with Crippen LogP contribution in [0.4, 0.5) is 0 Å². The summed E-state index contributed by atoms with van der Waals surface area (Å²) in [5.41, 5.74) is 0. The lowest BCUT2D eigenvalue weighted by Crippen LogP contribution is -2.46. The van der Waals surface area contributed by atoms with Crippen LogP contribution in [0, 0.1) is 0 Å². The number of quaternary nitrogens is 1. The topological polar surface area (TPSA) is 3.24 Å². The molecule has 254 valence electrons. The first kappa shape index (κ1) is 41.9. The Kier molecular flexibility index (Phi) is 33.7. The summed E-state index contributed by atoms with van der Waals surface area (Å²) in [5, 5.41) is 0. The molecule has 0 saturated carbocycles. The fourth-order valence-corrected chi connectivity index (χ4v) is 6.53. The molecule has 0 radical (unpaired) electrons. The van der Waals surface area contributed by atoms with Crippen molar-refractivity contribution in [3.63, 3.8) is 0 Å². The van der Waals surface area contributed by atoms with Gasteiger partial charge in [0.05, 0.1) is 27.2 Å². The molecular weight excluding hydrogens is 508 g/mol. The Labute approximate surface area is 269 Å². The fraction of sp³-hybridized carbons (Fsp3) is 1.00. The molecule has 0 N–H and O–H groups in total. The number of nitrogens with zero attached hydrogens (tertiary/aromatic N) is 2. The van der Waals surface area contributed by atoms with Gasteiger partial charge in [-0.15, -0.1) is 0 Å². The van der Waals surface area contributed by atoms with E-state index in [1.807, 2.05) is 0 Å². The Morgan fingerprint density at radius 2 is 0.548 bits per heavy atom. The summed E-state index contributed by atoms with van der Waals surface area (Å²) in [4.78, 5) is 2.85. The van der Waals surface area contributed by atoms with E-state index in [0.29, 0.717) is 0 Å². The van der Waals surface area contributed by atoms with Crippen molar-refractivity contribution in [1.82, 2.24) is 4.90 Å². The predicted molar refractivity (Wildman–Crippen MR) is 194 cm³/mol. The lowest BCUT2D eigenvalue weighted by atomic mass is 10.0. The Morgan fingerprint density at radius 1 is 0.286 bits per heavy atom. The third-order valence-electron chi connectivity index (χ3n) is 9.79. The number of hydrogen-bond donors (Lipinski definition) is 0. The molecule has 42 heavy (non-hydrogen) atoms. The minimum absolute atomic E-state index is 1.21. The van der Waals surface area contributed by atoms with E-state index in [2.05, 4.69) is 39.8 Å². The molecule has 0 aromatic rings. The third kappa shape index (κ3) is 32.8. The summed E-state index contributed by atoms with van der Waals surface area (Å²) >= 11 is 0. The van der Waals surface area contributed by atoms with Gasteiger partial charge in [0.25, 0.3) is 0 Å². The largest absolute Gasteiger partial charge is 0.327 e. The highest BCUT2D eigenvalue weighted by atomic mass is 15.3. The van der Waals surface area contributed by atoms with Gasteiger partial charge >= 0.3 is 0 Å². The van der Waals surface area contributed by atoms with E-state index in [0.717, 1.165) is 0 Å². The maximum Gasteiger partial charge on any atom is 0.0911 e. The Bertz CT molecular complexity index is 468. The minimum atomic E-state index is 1.21. The molecule has 0 aliphatic heterocycles. The van der Waals surface area contributed by atoms with Crippen LogP contribution < -0.4 is 0 Å². The smallest absolute Gasteiger partial charge is 0.0911 e. The van der Waals surface area contributed by atoms with Gasteiger partial charge in [-0.2, -0.15) is 0 Å². The van der Waals surface area contributed by atoms with Crippen LogP contribution in [-0.2, 0) is 0 Å². The molecule has 0 saturated heterocycles. The molecule has 0 amide bonds. The second kappa shape index (κ2) is 33.8. The molecule has 0 aromatic carbocycles. The summed E-state index contributed by atoms with van der Waals surface area (Å²) in [6.07, 6.45) is 43.3. The molecule has 2 nitrogen and oxygen atoms in total. The van der Waals surface area contributed by atoms with E-state index in [1.54, 1.807) is 0 Å². The molecule has 0 spiro atoms. The van der Waals surface area contributed by atoms with Crippen molar-refractivity contribution in [3.05, 3.63) is 0 Å². The minimum Gasteiger partial charge on any atom is -0.327 e. The van der Waals surface area contributed by atoms with Crippen LogP contribution >= 0.6 is 0 Å². The number of hydrogen-bond acceptors (Lipinski definition) is 1. The van der Waals surface area contributed by atoms with Gasteiger partial charge in [-0.05, 0) is 38.8 Å². The predicted octanol–water partition coefficient (Wildman–Crippen LogP) is 13.1. The first-order valence-corrected chi connectivity index (χ1v) is 20.1. The van der Waals surface area contributed by atoms with Crippen molar-refractivity contribution in [3.8, 4) is 0 Å². The summed E-state index contributed by atoms with van der Waals surface area (Å²) in [6, 6.07) is 0. The van der Waals surface area contributed by atoms with Crippen LogP contribution in [-0.4, -0.2) is 56.2 Å². The molecule has 0 aliphatic rings. The summed E-state index contributed by atoms with van der Waals surface area (Å²) < 4.78 is 1.21. The molecule has 0 aliphatic carbocycles. The fourth-order valence-electron chi connectivity index (χ4n) is 6.53. The SMILES string of the molecule is CCCCCCCCCCCCCCCC[N+](C)(C)CCN(CCCCCCCCCC)CCCCCCCCCC. The Balaban J connectivity index is 4.03. The summed E-state index contributed by atoms with van der Waals surface area (Å²) in [7, 11) is 4.99. The number of unbranched alkanes of at least 4 members (excludes halogenated alkanes) is 27. The van der Waals surface area contributed by atoms with Crippen molar-refractivity contribution >= 4 is 0 Å². The Morgan fingerprint density at radius 3 is 0.857 bits per heavy atom. The van der Waals surface area contributed by atoms with E-state index >= 15 is 0 Å². The number of rotatable bonds is 36. The van der Waals surface area contributed by atoms with E-state index in [4.69, 9.17) is 0 Å². The van der Waals surface area contributed by atoms with Crippen LogP contribution in [0.3, 0.4) is 0 Å². The molecule has 0 unspecified atom stereocenters. The molecule has 0 atom stereocenters. The van der Waals surface area contributed by atoms with E-state index in [-0.39, 0.29) is 0 Å². The Hall–Kier alpha value is -0.0800. The summed E-state index contributed by atoms with van der Waals surface area (Å²) in [6.45, 7) is 13.6. The van der Waals surface area contributed by atoms with Gasteiger partial charge < -0.3 is 4.48 Å². The zero-order valence-electron chi connectivity index (χ0n) is 30.6. The van der Waals surface area contributed by atoms with Crippen molar-refractivity contribution in [2.24, 2.45) is 0 Å². The van der Waals surface area contributed by atoms with Gasteiger partial charge in [0.15, 0.2) is 0 Å². The molecule has 2 heteroatoms. The lowest BCUT2D eigenvalue weighted by molar-refractivity contribution is -0.890. The second-order valence-corrected chi connectivity index (χ2v) is 14.8. The zero-order chi connectivity index (χ0) is 30.8. The first-order valence-electron chi connectivity index (χ1n) is 20.1. The molecule has 0 fully saturated rings. The van der Waals surface area contributed by atoms with Gasteiger partial charge in [0.2, 0.25) is 0 Å². The van der Waals surface area contributed by atoms with E-state index in [1.165, 1.54) is 230 Å². The third-order valence-corrected chi connectivity index (χ3v) is 9.79. The standard InChI is InChI=1S/C40H85N2/c1-6-9-12-15-18-21-22-23-24-25-26-29-32-35-39-42(4,5)40-38-41(36-33-30-27-19-16-13-10-7-2)37-34-31-28-20-17-14-11-8-3/h6-40H2,1-5H3/q+1. The maximum atomic E-state index is 2.85. The molecule has 0 aromatic heterocycles. The van der Waals surface area contributed by atoms with E-state index in [9.17, 15) is 0 Å². The normalized spacial score (nSPS) is 12.1. The average Bonchev–Trinajstić information content (AvgIpc) is 2.98. The van der Waals surface area contributed by atoms with Gasteiger partial charge in [0, 0.05) is 6.54 Å². The van der Waals surface area contributed by atoms with Crippen molar-refractivity contribution in [1.29, 1.82) is 0 Å². The van der Waals surface area contributed by atoms with Gasteiger partial charge in [-0.1, -0.05) is 188 Å². The van der Waals surface area contributed by atoms with Gasteiger partial charge in [-0.3, -0.25) is 4.90 Å². The van der Waals surface area contributed by atoms with Crippen LogP contribution in [0.15, 0.2) is 0 Å². The average molecular weight is 594 g/mol. The summed E-state index contributed by atoms with van der Waals surface area (Å²) in [5.74, 6) is 0.